The van der Waals surface area contributed by atoms with Crippen LogP contribution in [0.4, 0.5) is 0 Å². The summed E-state index contributed by atoms with van der Waals surface area (Å²) in [7, 11) is 0. The fraction of sp³-hybridized carbons (Fsp3) is 0.571. The van der Waals surface area contributed by atoms with Gasteiger partial charge in [0.15, 0.2) is 0 Å². The number of hydrogen-bond acceptors (Lipinski definition) is 3. The van der Waals surface area contributed by atoms with E-state index in [2.05, 4.69) is 25.0 Å². The van der Waals surface area contributed by atoms with Gasteiger partial charge in [-0.05, 0) is 31.6 Å². The highest BCUT2D eigenvalue weighted by Crippen LogP contribution is 2.25. The summed E-state index contributed by atoms with van der Waals surface area (Å²) in [4.78, 5) is 0. The first-order valence-corrected chi connectivity index (χ1v) is 7.47. The molecule has 3 heteroatoms. The van der Waals surface area contributed by atoms with Gasteiger partial charge < -0.3 is 9.47 Å². The first-order valence-electron chi connectivity index (χ1n) is 6.08. The van der Waals surface area contributed by atoms with Gasteiger partial charge in [0.25, 0.3) is 0 Å². The summed E-state index contributed by atoms with van der Waals surface area (Å²) in [6, 6.07) is 0. The van der Waals surface area contributed by atoms with Crippen LogP contribution in [-0.4, -0.2) is 31.8 Å². The standard InChI is InChI=1S/C14H22O2S/c1-4-16-12(2)14-8-6-5-7-13(14)11-15-9-10-17-3/h7-8H,2,4-6,9-11H2,1,3H3. The molecule has 0 aromatic heterocycles. The predicted molar refractivity (Wildman–Crippen MR) is 75.4 cm³/mol. The lowest BCUT2D eigenvalue weighted by molar-refractivity contribution is 0.172. The summed E-state index contributed by atoms with van der Waals surface area (Å²) in [6.07, 6.45) is 8.68. The van der Waals surface area contributed by atoms with Crippen molar-refractivity contribution in [1.29, 1.82) is 0 Å². The third kappa shape index (κ3) is 5.00. The minimum atomic E-state index is 0.663. The molecule has 0 amide bonds. The van der Waals surface area contributed by atoms with Crippen molar-refractivity contribution in [1.82, 2.24) is 0 Å². The SMILES string of the molecule is C=C(OCC)C1=CCCC=C1COCCSC. The highest BCUT2D eigenvalue weighted by atomic mass is 32.2. The lowest BCUT2D eigenvalue weighted by atomic mass is 9.97. The van der Waals surface area contributed by atoms with E-state index in [0.29, 0.717) is 13.2 Å². The molecule has 17 heavy (non-hydrogen) atoms. The van der Waals surface area contributed by atoms with E-state index < -0.39 is 0 Å². The van der Waals surface area contributed by atoms with Gasteiger partial charge in [0.2, 0.25) is 0 Å². The van der Waals surface area contributed by atoms with Crippen LogP contribution in [0.5, 0.6) is 0 Å². The molecule has 0 heterocycles. The van der Waals surface area contributed by atoms with Crippen molar-refractivity contribution in [2.24, 2.45) is 0 Å². The minimum absolute atomic E-state index is 0.663. The number of ether oxygens (including phenoxy) is 2. The Morgan fingerprint density at radius 3 is 2.88 bits per heavy atom. The third-order valence-electron chi connectivity index (χ3n) is 2.56. The number of rotatable bonds is 8. The maximum Gasteiger partial charge on any atom is 0.119 e. The molecule has 0 N–H and O–H groups in total. The van der Waals surface area contributed by atoms with E-state index in [1.807, 2.05) is 6.92 Å². The van der Waals surface area contributed by atoms with Gasteiger partial charge in [0.1, 0.15) is 5.76 Å². The van der Waals surface area contributed by atoms with Gasteiger partial charge in [0, 0.05) is 11.3 Å². The van der Waals surface area contributed by atoms with Gasteiger partial charge in [-0.3, -0.25) is 0 Å². The van der Waals surface area contributed by atoms with Crippen LogP contribution in [0.15, 0.2) is 35.6 Å². The number of hydrogen-bond donors (Lipinski definition) is 0. The quantitative estimate of drug-likeness (QED) is 0.487. The fourth-order valence-corrected chi connectivity index (χ4v) is 2.02. The average Bonchev–Trinajstić information content (AvgIpc) is 2.35. The normalized spacial score (nSPS) is 15.2. The maximum absolute atomic E-state index is 5.65. The van der Waals surface area contributed by atoms with Crippen LogP contribution in [0.2, 0.25) is 0 Å². The Morgan fingerprint density at radius 2 is 2.18 bits per heavy atom. The van der Waals surface area contributed by atoms with Gasteiger partial charge in [-0.25, -0.2) is 0 Å². The highest BCUT2D eigenvalue weighted by Gasteiger charge is 2.12. The first-order chi connectivity index (χ1) is 8.29. The Morgan fingerprint density at radius 1 is 1.41 bits per heavy atom. The summed E-state index contributed by atoms with van der Waals surface area (Å²) in [5, 5.41) is 0. The average molecular weight is 254 g/mol. The lowest BCUT2D eigenvalue weighted by Gasteiger charge is -2.18. The van der Waals surface area contributed by atoms with Crippen molar-refractivity contribution in [2.75, 3.05) is 31.8 Å². The molecule has 0 saturated carbocycles. The molecule has 0 atom stereocenters. The van der Waals surface area contributed by atoms with Crippen molar-refractivity contribution in [3.8, 4) is 0 Å². The van der Waals surface area contributed by atoms with Crippen LogP contribution in [0.1, 0.15) is 19.8 Å². The molecule has 1 aliphatic rings. The second kappa shape index (κ2) is 8.43. The summed E-state index contributed by atoms with van der Waals surface area (Å²) in [5.41, 5.74) is 2.35. The van der Waals surface area contributed by atoms with Crippen LogP contribution in [-0.2, 0) is 9.47 Å². The smallest absolute Gasteiger partial charge is 0.119 e. The predicted octanol–water partition coefficient (Wildman–Crippen LogP) is 3.56. The van der Waals surface area contributed by atoms with E-state index in [-0.39, 0.29) is 0 Å². The Balaban J connectivity index is 2.47. The number of thioether (sulfide) groups is 1. The lowest BCUT2D eigenvalue weighted by Crippen LogP contribution is -2.08. The molecule has 0 saturated heterocycles. The number of allylic oxidation sites excluding steroid dienone is 3. The zero-order valence-electron chi connectivity index (χ0n) is 10.8. The Bertz CT molecular complexity index is 305. The maximum atomic E-state index is 5.65. The van der Waals surface area contributed by atoms with Crippen LogP contribution in [0, 0.1) is 0 Å². The molecule has 0 aromatic carbocycles. The van der Waals surface area contributed by atoms with E-state index in [9.17, 15) is 0 Å². The molecular weight excluding hydrogens is 232 g/mol. The van der Waals surface area contributed by atoms with Crippen molar-refractivity contribution in [2.45, 2.75) is 19.8 Å². The molecule has 0 radical (unpaired) electrons. The van der Waals surface area contributed by atoms with Crippen molar-refractivity contribution >= 4 is 11.8 Å². The molecule has 1 rings (SSSR count). The van der Waals surface area contributed by atoms with E-state index in [1.54, 1.807) is 11.8 Å². The molecule has 2 nitrogen and oxygen atoms in total. The van der Waals surface area contributed by atoms with E-state index in [1.165, 1.54) is 5.57 Å². The molecule has 1 aliphatic carbocycles. The van der Waals surface area contributed by atoms with Crippen LogP contribution in [0.25, 0.3) is 0 Å². The topological polar surface area (TPSA) is 18.5 Å². The molecule has 96 valence electrons. The molecule has 0 aliphatic heterocycles. The van der Waals surface area contributed by atoms with E-state index >= 15 is 0 Å². The summed E-state index contributed by atoms with van der Waals surface area (Å²) in [5.74, 6) is 1.81. The van der Waals surface area contributed by atoms with Crippen molar-refractivity contribution in [3.63, 3.8) is 0 Å². The van der Waals surface area contributed by atoms with Gasteiger partial charge >= 0.3 is 0 Å². The zero-order chi connectivity index (χ0) is 12.5. The molecule has 0 bridgehead atoms. The van der Waals surface area contributed by atoms with Crippen molar-refractivity contribution < 1.29 is 9.47 Å². The highest BCUT2D eigenvalue weighted by molar-refractivity contribution is 7.98. The summed E-state index contributed by atoms with van der Waals surface area (Å²) in [6.45, 7) is 8.08. The molecule has 0 aromatic rings. The van der Waals surface area contributed by atoms with Crippen LogP contribution >= 0.6 is 11.8 Å². The molecule has 0 unspecified atom stereocenters. The second-order valence-electron chi connectivity index (χ2n) is 3.83. The fourth-order valence-electron chi connectivity index (χ4n) is 1.73. The molecule has 0 fully saturated rings. The monoisotopic (exact) mass is 254 g/mol. The Labute approximate surface area is 109 Å². The minimum Gasteiger partial charge on any atom is -0.494 e. The van der Waals surface area contributed by atoms with Gasteiger partial charge in [-0.1, -0.05) is 18.7 Å². The van der Waals surface area contributed by atoms with Crippen molar-refractivity contribution in [3.05, 3.63) is 35.6 Å². The zero-order valence-corrected chi connectivity index (χ0v) is 11.6. The molecule has 0 spiro atoms. The van der Waals surface area contributed by atoms with Gasteiger partial charge in [-0.2, -0.15) is 11.8 Å². The van der Waals surface area contributed by atoms with E-state index in [4.69, 9.17) is 9.47 Å². The first kappa shape index (κ1) is 14.4. The Hall–Kier alpha value is -0.670. The van der Waals surface area contributed by atoms with Crippen LogP contribution < -0.4 is 0 Å². The molecular formula is C14H22O2S. The Kier molecular flexibility index (Phi) is 7.13. The summed E-state index contributed by atoms with van der Waals surface area (Å²) < 4.78 is 11.1. The van der Waals surface area contributed by atoms with Gasteiger partial charge in [-0.15, -0.1) is 0 Å². The second-order valence-corrected chi connectivity index (χ2v) is 4.81. The third-order valence-corrected chi connectivity index (χ3v) is 3.14. The van der Waals surface area contributed by atoms with Gasteiger partial charge in [0.05, 0.1) is 19.8 Å². The van der Waals surface area contributed by atoms with Crippen LogP contribution in [0.3, 0.4) is 0 Å². The van der Waals surface area contributed by atoms with E-state index in [0.717, 1.165) is 36.5 Å². The largest absolute Gasteiger partial charge is 0.494 e. The summed E-state index contributed by atoms with van der Waals surface area (Å²) >= 11 is 1.80.